The normalized spacial score (nSPS) is 10.8. The molecule has 0 aliphatic heterocycles. The zero-order chi connectivity index (χ0) is 21.1. The summed E-state index contributed by atoms with van der Waals surface area (Å²) in [5.74, 6) is 0.563. The molecule has 1 amide bonds. The van der Waals surface area contributed by atoms with Crippen LogP contribution in [-0.2, 0) is 4.79 Å². The van der Waals surface area contributed by atoms with E-state index in [1.807, 2.05) is 37.5 Å². The van der Waals surface area contributed by atoms with Gasteiger partial charge in [-0.1, -0.05) is 30.0 Å². The Kier molecular flexibility index (Phi) is 5.97. The number of nitrogens with one attached hydrogen (secondary N) is 1. The number of non-ortho nitro benzene ring substituents is 1. The van der Waals surface area contributed by atoms with Crippen molar-refractivity contribution in [3.63, 3.8) is 0 Å². The Hall–Kier alpha value is -3.20. The van der Waals surface area contributed by atoms with E-state index < -0.39 is 4.92 Å². The van der Waals surface area contributed by atoms with Gasteiger partial charge in [-0.15, -0.1) is 10.2 Å². The predicted molar refractivity (Wildman–Crippen MR) is 113 cm³/mol. The van der Waals surface area contributed by atoms with Gasteiger partial charge in [0.15, 0.2) is 5.16 Å². The van der Waals surface area contributed by atoms with Crippen molar-refractivity contribution in [2.75, 3.05) is 11.1 Å². The van der Waals surface area contributed by atoms with Gasteiger partial charge in [0.25, 0.3) is 5.69 Å². The number of nitrogens with zero attached hydrogens (tertiary/aromatic N) is 4. The lowest BCUT2D eigenvalue weighted by molar-refractivity contribution is -0.384. The molecule has 3 rings (SSSR count). The minimum atomic E-state index is -0.487. The molecule has 0 unspecified atom stereocenters. The molecular weight excluding hydrogens is 390 g/mol. The number of benzene rings is 2. The molecule has 3 aromatic rings. The monoisotopic (exact) mass is 411 g/mol. The Bertz CT molecular complexity index is 1090. The minimum absolute atomic E-state index is 0.0659. The van der Waals surface area contributed by atoms with Gasteiger partial charge < -0.3 is 5.32 Å². The maximum Gasteiger partial charge on any atom is 0.271 e. The predicted octanol–water partition coefficient (Wildman–Crippen LogP) is 4.14. The summed E-state index contributed by atoms with van der Waals surface area (Å²) in [6.07, 6.45) is 0. The van der Waals surface area contributed by atoms with Crippen molar-refractivity contribution in [1.82, 2.24) is 14.8 Å². The quantitative estimate of drug-likeness (QED) is 0.371. The van der Waals surface area contributed by atoms with E-state index in [2.05, 4.69) is 21.6 Å². The van der Waals surface area contributed by atoms with E-state index >= 15 is 0 Å². The second-order valence-electron chi connectivity index (χ2n) is 6.75. The molecule has 0 fully saturated rings. The van der Waals surface area contributed by atoms with Crippen LogP contribution < -0.4 is 5.32 Å². The number of rotatable bonds is 6. The number of amides is 1. The smallest absolute Gasteiger partial charge is 0.271 e. The number of nitro benzene ring substituents is 1. The van der Waals surface area contributed by atoms with Gasteiger partial charge in [-0.25, -0.2) is 0 Å². The van der Waals surface area contributed by atoms with Crippen molar-refractivity contribution < 1.29 is 9.72 Å². The molecule has 29 heavy (non-hydrogen) atoms. The molecule has 0 aliphatic rings. The number of aromatic nitrogens is 3. The van der Waals surface area contributed by atoms with E-state index in [1.165, 1.54) is 23.9 Å². The second kappa shape index (κ2) is 8.44. The number of thioether (sulfide) groups is 1. The Morgan fingerprint density at radius 2 is 1.83 bits per heavy atom. The molecule has 8 nitrogen and oxygen atoms in total. The summed E-state index contributed by atoms with van der Waals surface area (Å²) < 4.78 is 1.93. The van der Waals surface area contributed by atoms with Crippen LogP contribution in [0, 0.1) is 37.8 Å². The first-order valence-electron chi connectivity index (χ1n) is 8.93. The van der Waals surface area contributed by atoms with Crippen molar-refractivity contribution in [3.05, 3.63) is 69.0 Å². The minimum Gasteiger partial charge on any atom is -0.325 e. The highest BCUT2D eigenvalue weighted by Gasteiger charge is 2.16. The van der Waals surface area contributed by atoms with E-state index in [4.69, 9.17) is 0 Å². The fraction of sp³-hybridized carbons (Fsp3) is 0.250. The zero-order valence-electron chi connectivity index (χ0n) is 16.6. The van der Waals surface area contributed by atoms with Crippen molar-refractivity contribution in [2.24, 2.45) is 0 Å². The summed E-state index contributed by atoms with van der Waals surface area (Å²) in [5.41, 5.74) is 4.29. The Labute approximate surface area is 172 Å². The van der Waals surface area contributed by atoms with Gasteiger partial charge in [0, 0.05) is 12.1 Å². The number of aryl methyl sites for hydroxylation is 4. The number of carbonyl (C=O) groups excluding carboxylic acids is 1. The van der Waals surface area contributed by atoms with Crippen LogP contribution in [-0.4, -0.2) is 31.3 Å². The molecular formula is C20H21N5O3S. The van der Waals surface area contributed by atoms with Crippen molar-refractivity contribution >= 4 is 29.0 Å². The molecule has 9 heteroatoms. The molecule has 0 bridgehead atoms. The zero-order valence-corrected chi connectivity index (χ0v) is 17.4. The number of hydrogen-bond acceptors (Lipinski definition) is 6. The highest BCUT2D eigenvalue weighted by atomic mass is 32.2. The van der Waals surface area contributed by atoms with Gasteiger partial charge in [0.05, 0.1) is 22.1 Å². The van der Waals surface area contributed by atoms with Gasteiger partial charge in [0.1, 0.15) is 5.82 Å². The molecule has 0 spiro atoms. The molecule has 2 aromatic carbocycles. The van der Waals surface area contributed by atoms with Crippen LogP contribution in [0.5, 0.6) is 0 Å². The first kappa shape index (κ1) is 20.5. The van der Waals surface area contributed by atoms with Crippen molar-refractivity contribution in [3.8, 4) is 5.69 Å². The number of nitro groups is 1. The Morgan fingerprint density at radius 3 is 2.55 bits per heavy atom. The van der Waals surface area contributed by atoms with Gasteiger partial charge >= 0.3 is 0 Å². The fourth-order valence-corrected chi connectivity index (χ4v) is 3.64. The lowest BCUT2D eigenvalue weighted by Crippen LogP contribution is -2.15. The highest BCUT2D eigenvalue weighted by molar-refractivity contribution is 7.99. The molecule has 0 saturated carbocycles. The van der Waals surface area contributed by atoms with E-state index in [-0.39, 0.29) is 17.3 Å². The van der Waals surface area contributed by atoms with E-state index in [0.717, 1.165) is 28.2 Å². The van der Waals surface area contributed by atoms with Crippen LogP contribution in [0.15, 0.2) is 41.6 Å². The average molecular weight is 411 g/mol. The van der Waals surface area contributed by atoms with E-state index in [0.29, 0.717) is 10.8 Å². The molecule has 150 valence electrons. The number of anilines is 1. The van der Waals surface area contributed by atoms with Gasteiger partial charge in [-0.3, -0.25) is 19.5 Å². The third-order valence-electron chi connectivity index (χ3n) is 4.44. The van der Waals surface area contributed by atoms with Crippen molar-refractivity contribution in [1.29, 1.82) is 0 Å². The summed E-state index contributed by atoms with van der Waals surface area (Å²) in [4.78, 5) is 22.9. The van der Waals surface area contributed by atoms with Crippen LogP contribution in [0.3, 0.4) is 0 Å². The van der Waals surface area contributed by atoms with Gasteiger partial charge in [0.2, 0.25) is 5.91 Å². The maximum absolute atomic E-state index is 12.4. The standard InChI is InChI=1S/C20H21N5O3S/c1-12-5-6-14(3)18(9-12)24-15(4)22-23-20(24)29-11-19(26)21-17-10-16(25(27)28)8-7-13(17)2/h5-10H,11H2,1-4H3,(H,21,26). The van der Waals surface area contributed by atoms with Crippen LogP contribution >= 0.6 is 11.8 Å². The average Bonchev–Trinajstić information content (AvgIpc) is 3.04. The first-order chi connectivity index (χ1) is 13.8. The molecule has 1 N–H and O–H groups in total. The fourth-order valence-electron chi connectivity index (χ4n) is 2.85. The summed E-state index contributed by atoms with van der Waals surface area (Å²) in [7, 11) is 0. The summed E-state index contributed by atoms with van der Waals surface area (Å²) in [6, 6.07) is 10.5. The summed E-state index contributed by atoms with van der Waals surface area (Å²) in [5, 5.41) is 22.7. The lowest BCUT2D eigenvalue weighted by atomic mass is 10.1. The van der Waals surface area contributed by atoms with Crippen LogP contribution in [0.1, 0.15) is 22.5 Å². The highest BCUT2D eigenvalue weighted by Crippen LogP contribution is 2.26. The third kappa shape index (κ3) is 4.62. The lowest BCUT2D eigenvalue weighted by Gasteiger charge is -2.12. The molecule has 0 saturated heterocycles. The van der Waals surface area contributed by atoms with Crippen LogP contribution in [0.25, 0.3) is 5.69 Å². The van der Waals surface area contributed by atoms with E-state index in [1.54, 1.807) is 13.0 Å². The SMILES string of the molecule is Cc1ccc(C)c(-n2c(C)nnc2SCC(=O)Nc2cc([N+](=O)[O-])ccc2C)c1. The number of hydrogen-bond donors (Lipinski definition) is 1. The van der Waals surface area contributed by atoms with E-state index in [9.17, 15) is 14.9 Å². The first-order valence-corrected chi connectivity index (χ1v) is 9.92. The summed E-state index contributed by atoms with van der Waals surface area (Å²) >= 11 is 1.26. The largest absolute Gasteiger partial charge is 0.325 e. The topological polar surface area (TPSA) is 103 Å². The Balaban J connectivity index is 1.76. The molecule has 1 aromatic heterocycles. The van der Waals surface area contributed by atoms with Crippen LogP contribution in [0.4, 0.5) is 11.4 Å². The summed E-state index contributed by atoms with van der Waals surface area (Å²) in [6.45, 7) is 7.68. The molecule has 0 atom stereocenters. The van der Waals surface area contributed by atoms with Gasteiger partial charge in [-0.2, -0.15) is 0 Å². The Morgan fingerprint density at radius 1 is 1.10 bits per heavy atom. The third-order valence-corrected chi connectivity index (χ3v) is 5.37. The number of carbonyl (C=O) groups is 1. The second-order valence-corrected chi connectivity index (χ2v) is 7.69. The van der Waals surface area contributed by atoms with Gasteiger partial charge in [-0.05, 0) is 50.5 Å². The molecule has 1 heterocycles. The van der Waals surface area contributed by atoms with Crippen LogP contribution in [0.2, 0.25) is 0 Å². The molecule has 0 radical (unpaired) electrons. The molecule has 0 aliphatic carbocycles. The van der Waals surface area contributed by atoms with Crippen molar-refractivity contribution in [2.45, 2.75) is 32.9 Å². The maximum atomic E-state index is 12.4.